The Morgan fingerprint density at radius 3 is 2.34 bits per heavy atom. The average molecular weight is 459 g/mol. The number of benzene rings is 2. The van der Waals surface area contributed by atoms with E-state index >= 15 is 0 Å². The topological polar surface area (TPSA) is 59.3 Å². The van der Waals surface area contributed by atoms with Crippen molar-refractivity contribution in [3.8, 4) is 11.1 Å². The smallest absolute Gasteiger partial charge is 0.308 e. The number of nitrogens with one attached hydrogen (secondary N) is 1. The van der Waals surface area contributed by atoms with Gasteiger partial charge in [0.25, 0.3) is 0 Å². The third kappa shape index (κ3) is 4.45. The van der Waals surface area contributed by atoms with Gasteiger partial charge in [0, 0.05) is 16.4 Å². The third-order valence-corrected chi connectivity index (χ3v) is 5.18. The van der Waals surface area contributed by atoms with Gasteiger partial charge < -0.3 is 5.32 Å². The lowest BCUT2D eigenvalue weighted by Gasteiger charge is -2.09. The lowest BCUT2D eigenvalue weighted by atomic mass is 10.0. The summed E-state index contributed by atoms with van der Waals surface area (Å²) in [4.78, 5) is 17.2. The Morgan fingerprint density at radius 2 is 1.72 bits per heavy atom. The minimum absolute atomic E-state index is 0.0862. The molecule has 32 heavy (non-hydrogen) atoms. The van der Waals surface area contributed by atoms with Crippen molar-refractivity contribution in [1.82, 2.24) is 14.6 Å². The fraction of sp³-hybridized carbons (Fsp3) is 0.174. The number of hydrogen-bond acceptors (Lipinski definition) is 3. The number of nitrogens with zero attached hydrogens (tertiary/aromatic N) is 3. The van der Waals surface area contributed by atoms with Crippen molar-refractivity contribution in [2.75, 3.05) is 5.32 Å². The summed E-state index contributed by atoms with van der Waals surface area (Å²) in [6.45, 7) is 3.65. The molecule has 0 unspecified atom stereocenters. The van der Waals surface area contributed by atoms with Crippen molar-refractivity contribution < 1.29 is 18.0 Å². The van der Waals surface area contributed by atoms with Crippen LogP contribution in [-0.2, 0) is 17.4 Å². The molecule has 164 valence electrons. The summed E-state index contributed by atoms with van der Waals surface area (Å²) in [6.07, 6.45) is -4.36. The fourth-order valence-corrected chi connectivity index (χ4v) is 3.59. The Balaban J connectivity index is 1.75. The summed E-state index contributed by atoms with van der Waals surface area (Å²) < 4.78 is 40.6. The first kappa shape index (κ1) is 21.8. The summed E-state index contributed by atoms with van der Waals surface area (Å²) in [5.41, 5.74) is 2.87. The van der Waals surface area contributed by atoms with E-state index in [1.807, 2.05) is 19.9 Å². The van der Waals surface area contributed by atoms with Crippen molar-refractivity contribution in [1.29, 1.82) is 0 Å². The Hall–Kier alpha value is -3.39. The minimum Gasteiger partial charge on any atom is -0.308 e. The summed E-state index contributed by atoms with van der Waals surface area (Å²) in [6, 6.07) is 13.4. The van der Waals surface area contributed by atoms with Crippen LogP contribution in [0, 0.1) is 13.8 Å². The summed E-state index contributed by atoms with van der Waals surface area (Å²) in [5, 5.41) is 7.83. The van der Waals surface area contributed by atoms with Crippen LogP contribution in [0.1, 0.15) is 22.5 Å². The summed E-state index contributed by atoms with van der Waals surface area (Å²) >= 11 is 5.89. The van der Waals surface area contributed by atoms with E-state index in [0.717, 1.165) is 29.1 Å². The van der Waals surface area contributed by atoms with E-state index in [2.05, 4.69) is 15.4 Å². The molecule has 0 spiro atoms. The highest BCUT2D eigenvalue weighted by molar-refractivity contribution is 6.30. The number of carbonyl (C=O) groups is 1. The molecule has 1 amide bonds. The van der Waals surface area contributed by atoms with Crippen LogP contribution < -0.4 is 5.32 Å². The van der Waals surface area contributed by atoms with Gasteiger partial charge in [-0.1, -0.05) is 35.9 Å². The van der Waals surface area contributed by atoms with E-state index < -0.39 is 11.7 Å². The van der Waals surface area contributed by atoms with Crippen molar-refractivity contribution in [2.24, 2.45) is 0 Å². The second-order valence-electron chi connectivity index (χ2n) is 7.42. The van der Waals surface area contributed by atoms with E-state index in [1.54, 1.807) is 28.8 Å². The van der Waals surface area contributed by atoms with E-state index in [4.69, 9.17) is 11.6 Å². The number of rotatable bonds is 4. The zero-order valence-electron chi connectivity index (χ0n) is 17.2. The zero-order valence-corrected chi connectivity index (χ0v) is 17.9. The maximum Gasteiger partial charge on any atom is 0.416 e. The number of aromatic nitrogens is 3. The largest absolute Gasteiger partial charge is 0.416 e. The van der Waals surface area contributed by atoms with Gasteiger partial charge in [-0.15, -0.1) is 5.10 Å². The van der Waals surface area contributed by atoms with Gasteiger partial charge >= 0.3 is 6.18 Å². The lowest BCUT2D eigenvalue weighted by Crippen LogP contribution is -2.15. The predicted molar refractivity (Wildman–Crippen MR) is 117 cm³/mol. The minimum atomic E-state index is -4.44. The molecule has 1 N–H and O–H groups in total. The molecule has 9 heteroatoms. The number of aryl methyl sites for hydroxylation is 2. The van der Waals surface area contributed by atoms with E-state index in [9.17, 15) is 18.0 Å². The van der Waals surface area contributed by atoms with E-state index in [1.165, 1.54) is 12.1 Å². The van der Waals surface area contributed by atoms with Crippen LogP contribution in [0.25, 0.3) is 16.8 Å². The molecule has 0 saturated carbocycles. The van der Waals surface area contributed by atoms with Gasteiger partial charge in [0.15, 0.2) is 11.5 Å². The zero-order chi connectivity index (χ0) is 23.0. The van der Waals surface area contributed by atoms with E-state index in [-0.39, 0.29) is 18.1 Å². The van der Waals surface area contributed by atoms with Gasteiger partial charge in [-0.25, -0.2) is 9.50 Å². The molecule has 2 aromatic carbocycles. The molecular weight excluding hydrogens is 441 g/mol. The standard InChI is InChI=1S/C23H18ClF3N4O/c1-13-11-14(2)31-22(28-13)20(16-5-7-17(8-6-16)23(25,26)27)21(30-31)29-19(32)12-15-3-9-18(24)10-4-15/h3-11H,12H2,1-2H3,(H,29,30,32). The molecule has 2 aromatic heterocycles. The van der Waals surface area contributed by atoms with Gasteiger partial charge in [-0.2, -0.15) is 13.2 Å². The first-order chi connectivity index (χ1) is 15.1. The third-order valence-electron chi connectivity index (χ3n) is 4.93. The van der Waals surface area contributed by atoms with Crippen molar-refractivity contribution in [2.45, 2.75) is 26.4 Å². The molecule has 0 aliphatic carbocycles. The molecule has 0 fully saturated rings. The normalized spacial score (nSPS) is 11.7. The van der Waals surface area contributed by atoms with Gasteiger partial charge in [-0.05, 0) is 55.3 Å². The summed E-state index contributed by atoms with van der Waals surface area (Å²) in [7, 11) is 0. The van der Waals surface area contributed by atoms with Crippen LogP contribution in [0.5, 0.6) is 0 Å². The highest BCUT2D eigenvalue weighted by atomic mass is 35.5. The number of fused-ring (bicyclic) bond motifs is 1. The number of amides is 1. The molecular formula is C23H18ClF3N4O. The Bertz CT molecular complexity index is 1300. The average Bonchev–Trinajstić information content (AvgIpc) is 3.07. The van der Waals surface area contributed by atoms with Crippen LogP contribution in [0.3, 0.4) is 0 Å². The highest BCUT2D eigenvalue weighted by Crippen LogP contribution is 2.35. The molecule has 0 aliphatic heterocycles. The van der Waals surface area contributed by atoms with Crippen LogP contribution in [-0.4, -0.2) is 20.5 Å². The molecule has 4 aromatic rings. The number of alkyl halides is 3. The van der Waals surface area contributed by atoms with Crippen LogP contribution in [0.2, 0.25) is 5.02 Å². The maximum atomic E-state index is 13.0. The second-order valence-corrected chi connectivity index (χ2v) is 7.86. The highest BCUT2D eigenvalue weighted by Gasteiger charge is 2.30. The first-order valence-corrected chi connectivity index (χ1v) is 10.1. The van der Waals surface area contributed by atoms with Gasteiger partial charge in [-0.3, -0.25) is 4.79 Å². The van der Waals surface area contributed by atoms with Gasteiger partial charge in [0.2, 0.25) is 5.91 Å². The second kappa shape index (κ2) is 8.27. The van der Waals surface area contributed by atoms with Crippen LogP contribution in [0.15, 0.2) is 54.6 Å². The van der Waals surface area contributed by atoms with Gasteiger partial charge in [0.1, 0.15) is 0 Å². The molecule has 0 bridgehead atoms. The molecule has 2 heterocycles. The van der Waals surface area contributed by atoms with Crippen molar-refractivity contribution >= 4 is 29.0 Å². The maximum absolute atomic E-state index is 13.0. The predicted octanol–water partition coefficient (Wildman–Crippen LogP) is 5.87. The van der Waals surface area contributed by atoms with Crippen LogP contribution >= 0.6 is 11.6 Å². The van der Waals surface area contributed by atoms with Gasteiger partial charge in [0.05, 0.1) is 17.5 Å². The number of anilines is 1. The molecule has 0 saturated heterocycles. The Labute approximate surface area is 186 Å². The molecule has 5 nitrogen and oxygen atoms in total. The molecule has 0 aliphatic rings. The van der Waals surface area contributed by atoms with Crippen molar-refractivity contribution in [3.63, 3.8) is 0 Å². The first-order valence-electron chi connectivity index (χ1n) is 9.71. The fourth-order valence-electron chi connectivity index (χ4n) is 3.46. The number of halogens is 4. The summed E-state index contributed by atoms with van der Waals surface area (Å²) in [5.74, 6) is -0.0943. The Morgan fingerprint density at radius 1 is 1.06 bits per heavy atom. The van der Waals surface area contributed by atoms with E-state index in [0.29, 0.717) is 21.8 Å². The lowest BCUT2D eigenvalue weighted by molar-refractivity contribution is -0.137. The molecule has 0 radical (unpaired) electrons. The molecule has 4 rings (SSSR count). The quantitative estimate of drug-likeness (QED) is 0.416. The molecule has 0 atom stereocenters. The number of carbonyl (C=O) groups excluding carboxylic acids is 1. The number of hydrogen-bond donors (Lipinski definition) is 1. The monoisotopic (exact) mass is 458 g/mol. The SMILES string of the molecule is Cc1cc(C)n2nc(NC(=O)Cc3ccc(Cl)cc3)c(-c3ccc(C(F)(F)F)cc3)c2n1. The Kier molecular flexibility index (Phi) is 5.64. The van der Waals surface area contributed by atoms with Crippen molar-refractivity contribution in [3.05, 3.63) is 82.1 Å². The van der Waals surface area contributed by atoms with Crippen LogP contribution in [0.4, 0.5) is 19.0 Å².